The predicted octanol–water partition coefficient (Wildman–Crippen LogP) is 2.54. The lowest BCUT2D eigenvalue weighted by Crippen LogP contribution is -1.99. The summed E-state index contributed by atoms with van der Waals surface area (Å²) < 4.78 is 26.4. The van der Waals surface area contributed by atoms with E-state index in [1.165, 1.54) is 12.3 Å². The fourth-order valence-corrected chi connectivity index (χ4v) is 2.14. The van der Waals surface area contributed by atoms with Crippen LogP contribution in [0.2, 0.25) is 0 Å². The molecule has 0 bridgehead atoms. The molecule has 1 aliphatic carbocycles. The van der Waals surface area contributed by atoms with E-state index in [0.29, 0.717) is 17.9 Å². The van der Waals surface area contributed by atoms with Gasteiger partial charge in [0.25, 0.3) is 0 Å². The van der Waals surface area contributed by atoms with E-state index in [1.807, 2.05) is 0 Å². The van der Waals surface area contributed by atoms with Crippen molar-refractivity contribution in [1.29, 1.82) is 0 Å². The van der Waals surface area contributed by atoms with Gasteiger partial charge in [-0.25, -0.2) is 13.8 Å². The molecule has 4 nitrogen and oxygen atoms in total. The summed E-state index contributed by atoms with van der Waals surface area (Å²) in [7, 11) is 0. The molecule has 1 heterocycles. The molecule has 2 atom stereocenters. The van der Waals surface area contributed by atoms with Crippen LogP contribution in [0.4, 0.5) is 8.78 Å². The molecule has 2 aromatic rings. The Morgan fingerprint density at radius 3 is 2.84 bits per heavy atom. The van der Waals surface area contributed by atoms with Crippen molar-refractivity contribution in [2.24, 2.45) is 5.92 Å². The second-order valence-electron chi connectivity index (χ2n) is 4.59. The van der Waals surface area contributed by atoms with E-state index in [2.05, 4.69) is 9.97 Å². The Morgan fingerprint density at radius 2 is 2.21 bits per heavy atom. The third-order valence-electron chi connectivity index (χ3n) is 3.28. The van der Waals surface area contributed by atoms with Gasteiger partial charge in [-0.3, -0.25) is 4.79 Å². The molecule has 0 spiro atoms. The number of hydrogen-bond acceptors (Lipinski definition) is 2. The summed E-state index contributed by atoms with van der Waals surface area (Å²) in [5.41, 5.74) is 0.635. The molecule has 0 radical (unpaired) electrons. The van der Waals surface area contributed by atoms with Crippen molar-refractivity contribution in [1.82, 2.24) is 9.97 Å². The van der Waals surface area contributed by atoms with Crippen LogP contribution in [-0.4, -0.2) is 21.0 Å². The highest BCUT2D eigenvalue weighted by Crippen LogP contribution is 2.46. The van der Waals surface area contributed by atoms with Crippen molar-refractivity contribution in [3.63, 3.8) is 0 Å². The first-order valence-corrected chi connectivity index (χ1v) is 5.79. The lowest BCUT2D eigenvalue weighted by Gasteiger charge is -1.99. The number of nitrogens with one attached hydrogen (secondary N) is 1. The van der Waals surface area contributed by atoms with Crippen LogP contribution < -0.4 is 0 Å². The van der Waals surface area contributed by atoms with Crippen LogP contribution in [-0.2, 0) is 4.79 Å². The van der Waals surface area contributed by atoms with Crippen molar-refractivity contribution < 1.29 is 18.7 Å². The van der Waals surface area contributed by atoms with Gasteiger partial charge in [-0.15, -0.1) is 0 Å². The van der Waals surface area contributed by atoms with Crippen LogP contribution in [0.1, 0.15) is 18.2 Å². The van der Waals surface area contributed by atoms with Gasteiger partial charge in [0.2, 0.25) is 0 Å². The van der Waals surface area contributed by atoms with Gasteiger partial charge >= 0.3 is 5.97 Å². The van der Waals surface area contributed by atoms with E-state index in [4.69, 9.17) is 5.11 Å². The van der Waals surface area contributed by atoms with Gasteiger partial charge in [0, 0.05) is 17.5 Å². The highest BCUT2D eigenvalue weighted by molar-refractivity contribution is 5.75. The van der Waals surface area contributed by atoms with E-state index < -0.39 is 23.5 Å². The smallest absolute Gasteiger partial charge is 0.307 e. The summed E-state index contributed by atoms with van der Waals surface area (Å²) in [5.74, 6) is -2.20. The average Bonchev–Trinajstić information content (AvgIpc) is 3.01. The maximum absolute atomic E-state index is 13.6. The Morgan fingerprint density at radius 1 is 1.42 bits per heavy atom. The zero-order valence-corrected chi connectivity index (χ0v) is 9.73. The summed E-state index contributed by atoms with van der Waals surface area (Å²) in [6.45, 7) is 0. The lowest BCUT2D eigenvalue weighted by molar-refractivity contribution is -0.138. The van der Waals surface area contributed by atoms with Gasteiger partial charge < -0.3 is 10.1 Å². The second kappa shape index (κ2) is 4.15. The van der Waals surface area contributed by atoms with Crippen LogP contribution in [0.3, 0.4) is 0 Å². The Kier molecular flexibility index (Phi) is 2.58. The molecule has 1 fully saturated rings. The van der Waals surface area contributed by atoms with Crippen molar-refractivity contribution in [2.45, 2.75) is 12.3 Å². The maximum atomic E-state index is 13.6. The number of halogens is 2. The number of benzene rings is 1. The Hall–Kier alpha value is -2.24. The number of carboxylic acid groups (broad SMARTS) is 1. The van der Waals surface area contributed by atoms with Crippen LogP contribution >= 0.6 is 0 Å². The minimum atomic E-state index is -0.851. The molecule has 3 rings (SSSR count). The number of nitrogens with zero attached hydrogens (tertiary/aromatic N) is 1. The van der Waals surface area contributed by atoms with E-state index in [-0.39, 0.29) is 11.5 Å². The largest absolute Gasteiger partial charge is 0.481 e. The Bertz CT molecular complexity index is 654. The third kappa shape index (κ3) is 2.09. The Labute approximate surface area is 107 Å². The summed E-state index contributed by atoms with van der Waals surface area (Å²) in [6, 6.07) is 3.28. The van der Waals surface area contributed by atoms with E-state index >= 15 is 0 Å². The number of carboxylic acids is 1. The number of imidazole rings is 1. The first kappa shape index (κ1) is 11.8. The molecule has 1 aromatic carbocycles. The van der Waals surface area contributed by atoms with Gasteiger partial charge in [-0.1, -0.05) is 0 Å². The monoisotopic (exact) mass is 264 g/mol. The predicted molar refractivity (Wildman–Crippen MR) is 62.4 cm³/mol. The van der Waals surface area contributed by atoms with Crippen LogP contribution in [0.5, 0.6) is 0 Å². The minimum Gasteiger partial charge on any atom is -0.481 e. The molecular formula is C13H10F2N2O2. The third-order valence-corrected chi connectivity index (χ3v) is 3.28. The lowest BCUT2D eigenvalue weighted by atomic mass is 10.1. The van der Waals surface area contributed by atoms with Gasteiger partial charge in [-0.05, 0) is 18.6 Å². The quantitative estimate of drug-likeness (QED) is 0.895. The van der Waals surface area contributed by atoms with Gasteiger partial charge in [0.15, 0.2) is 0 Å². The second-order valence-corrected chi connectivity index (χ2v) is 4.59. The first-order valence-electron chi connectivity index (χ1n) is 5.79. The normalized spacial score (nSPS) is 21.4. The van der Waals surface area contributed by atoms with E-state index in [1.54, 1.807) is 0 Å². The molecule has 98 valence electrons. The van der Waals surface area contributed by atoms with Crippen molar-refractivity contribution in [2.75, 3.05) is 0 Å². The molecule has 6 heteroatoms. The van der Waals surface area contributed by atoms with E-state index in [9.17, 15) is 13.6 Å². The molecular weight excluding hydrogens is 254 g/mol. The molecule has 0 amide bonds. The zero-order chi connectivity index (χ0) is 13.6. The number of aliphatic carboxylic acids is 1. The van der Waals surface area contributed by atoms with Crippen molar-refractivity contribution in [3.8, 4) is 11.3 Å². The average molecular weight is 264 g/mol. The minimum absolute atomic E-state index is 0.144. The topological polar surface area (TPSA) is 66.0 Å². The standard InChI is InChI=1S/C13H10F2N2O2/c14-6-1-2-7(10(15)3-6)11-5-16-12(17-11)8-4-9(8)13(18)19/h1-3,5,8-9H,4H2,(H,16,17)(H,18,19). The van der Waals surface area contributed by atoms with E-state index in [0.717, 1.165) is 12.1 Å². The summed E-state index contributed by atoms with van der Waals surface area (Å²) >= 11 is 0. The number of aromatic amines is 1. The highest BCUT2D eigenvalue weighted by atomic mass is 19.1. The highest BCUT2D eigenvalue weighted by Gasteiger charge is 2.46. The van der Waals surface area contributed by atoms with Crippen LogP contribution in [0.15, 0.2) is 24.4 Å². The van der Waals surface area contributed by atoms with Gasteiger partial charge in [-0.2, -0.15) is 0 Å². The zero-order valence-electron chi connectivity index (χ0n) is 9.73. The molecule has 1 aliphatic rings. The molecule has 0 aliphatic heterocycles. The van der Waals surface area contributed by atoms with Crippen molar-refractivity contribution >= 4 is 5.97 Å². The Balaban J connectivity index is 1.88. The summed E-state index contributed by atoms with van der Waals surface area (Å²) in [6.07, 6.45) is 1.97. The molecule has 19 heavy (non-hydrogen) atoms. The fraction of sp³-hybridized carbons (Fsp3) is 0.231. The summed E-state index contributed by atoms with van der Waals surface area (Å²) in [4.78, 5) is 17.7. The number of rotatable bonds is 3. The number of H-pyrrole nitrogens is 1. The maximum Gasteiger partial charge on any atom is 0.307 e. The van der Waals surface area contributed by atoms with Crippen LogP contribution in [0, 0.1) is 17.6 Å². The van der Waals surface area contributed by atoms with Crippen LogP contribution in [0.25, 0.3) is 11.3 Å². The number of carbonyl (C=O) groups is 1. The fourth-order valence-electron chi connectivity index (χ4n) is 2.14. The molecule has 1 saturated carbocycles. The molecule has 2 unspecified atom stereocenters. The van der Waals surface area contributed by atoms with Crippen molar-refractivity contribution in [3.05, 3.63) is 41.9 Å². The first-order chi connectivity index (χ1) is 9.06. The number of hydrogen-bond donors (Lipinski definition) is 2. The molecule has 1 aromatic heterocycles. The molecule has 2 N–H and O–H groups in total. The SMILES string of the molecule is O=C(O)C1CC1c1ncc(-c2ccc(F)cc2F)[nH]1. The molecule has 0 saturated heterocycles. The number of aromatic nitrogens is 2. The summed E-state index contributed by atoms with van der Waals surface area (Å²) in [5, 5.41) is 8.84. The van der Waals surface area contributed by atoms with Gasteiger partial charge in [0.1, 0.15) is 17.5 Å². The van der Waals surface area contributed by atoms with Gasteiger partial charge in [0.05, 0.1) is 17.8 Å².